The maximum absolute atomic E-state index is 12.9. The van der Waals surface area contributed by atoms with Crippen molar-refractivity contribution >= 4 is 46.8 Å². The van der Waals surface area contributed by atoms with Gasteiger partial charge in [0.05, 0.1) is 0 Å². The van der Waals surface area contributed by atoms with E-state index in [0.717, 1.165) is 0 Å². The van der Waals surface area contributed by atoms with Gasteiger partial charge in [-0.3, -0.25) is 30.6 Å². The van der Waals surface area contributed by atoms with Gasteiger partial charge in [0.2, 0.25) is 11.8 Å². The first-order valence-electron chi connectivity index (χ1n) is 9.48. The van der Waals surface area contributed by atoms with Crippen LogP contribution in [0.15, 0.2) is 54.6 Å². The van der Waals surface area contributed by atoms with Crippen molar-refractivity contribution < 1.29 is 18.8 Å². The smallest absolute Gasteiger partial charge is 0.269 e. The van der Waals surface area contributed by atoms with Crippen molar-refractivity contribution in [1.29, 1.82) is 0 Å². The van der Waals surface area contributed by atoms with E-state index in [1.807, 2.05) is 13.8 Å². The van der Waals surface area contributed by atoms with Gasteiger partial charge in [-0.15, -0.1) is 0 Å². The number of amides is 3. The number of anilines is 1. The summed E-state index contributed by atoms with van der Waals surface area (Å²) in [6.07, 6.45) is 3.14. The molecule has 0 spiro atoms. The number of hydrogen-bond acceptors (Lipinski definition) is 4. The van der Waals surface area contributed by atoms with Crippen LogP contribution >= 0.6 is 12.2 Å². The van der Waals surface area contributed by atoms with Crippen molar-refractivity contribution in [2.75, 3.05) is 5.32 Å². The normalized spacial score (nSPS) is 10.6. The van der Waals surface area contributed by atoms with Crippen molar-refractivity contribution in [2.24, 2.45) is 5.92 Å². The Morgan fingerprint density at radius 2 is 1.65 bits per heavy atom. The zero-order valence-corrected chi connectivity index (χ0v) is 17.9. The van der Waals surface area contributed by atoms with E-state index in [2.05, 4.69) is 21.5 Å². The van der Waals surface area contributed by atoms with Gasteiger partial charge in [0.1, 0.15) is 5.82 Å². The van der Waals surface area contributed by atoms with Gasteiger partial charge in [-0.25, -0.2) is 4.39 Å². The van der Waals surface area contributed by atoms with Crippen LogP contribution in [0.3, 0.4) is 0 Å². The van der Waals surface area contributed by atoms with Gasteiger partial charge < -0.3 is 5.32 Å². The lowest BCUT2D eigenvalue weighted by Gasteiger charge is -2.11. The van der Waals surface area contributed by atoms with Crippen molar-refractivity contribution in [3.05, 3.63) is 71.6 Å². The molecule has 0 aliphatic heterocycles. The van der Waals surface area contributed by atoms with Gasteiger partial charge >= 0.3 is 0 Å². The lowest BCUT2D eigenvalue weighted by molar-refractivity contribution is -0.117. The van der Waals surface area contributed by atoms with E-state index in [1.54, 1.807) is 24.3 Å². The number of hydrazine groups is 1. The lowest BCUT2D eigenvalue weighted by atomic mass is 10.1. The number of thiocarbonyl (C=S) groups is 1. The Bertz CT molecular complexity index is 973. The van der Waals surface area contributed by atoms with E-state index < -0.39 is 11.8 Å². The maximum Gasteiger partial charge on any atom is 0.269 e. The van der Waals surface area contributed by atoms with Crippen molar-refractivity contribution in [1.82, 2.24) is 16.2 Å². The summed E-state index contributed by atoms with van der Waals surface area (Å²) < 4.78 is 12.9. The molecule has 0 unspecified atom stereocenters. The highest BCUT2D eigenvalue weighted by atomic mass is 32.1. The van der Waals surface area contributed by atoms with E-state index in [1.165, 1.54) is 36.4 Å². The van der Waals surface area contributed by atoms with Crippen LogP contribution in [0.1, 0.15) is 36.2 Å². The molecular weight excluding hydrogens is 419 g/mol. The topological polar surface area (TPSA) is 99.3 Å². The SMILES string of the molecule is CC(C)CC(=O)Nc1ccc(C(=O)NNC(=S)NC(=O)/C=C/c2ccc(F)cc2)cc1. The van der Waals surface area contributed by atoms with Crippen LogP contribution in [-0.2, 0) is 9.59 Å². The Hall–Kier alpha value is -3.59. The molecule has 0 heterocycles. The molecule has 3 amide bonds. The molecule has 9 heteroatoms. The number of nitrogens with one attached hydrogen (secondary N) is 4. The summed E-state index contributed by atoms with van der Waals surface area (Å²) in [7, 11) is 0. The number of carbonyl (C=O) groups is 3. The van der Waals surface area contributed by atoms with Gasteiger partial charge in [0.25, 0.3) is 5.91 Å². The molecular formula is C22H23FN4O3S. The van der Waals surface area contributed by atoms with E-state index in [9.17, 15) is 18.8 Å². The predicted octanol–water partition coefficient (Wildman–Crippen LogP) is 3.16. The van der Waals surface area contributed by atoms with Crippen LogP contribution in [-0.4, -0.2) is 22.8 Å². The quantitative estimate of drug-likeness (QED) is 0.313. The van der Waals surface area contributed by atoms with Gasteiger partial charge in [-0.1, -0.05) is 26.0 Å². The molecule has 2 rings (SSSR count). The molecule has 2 aromatic carbocycles. The van der Waals surface area contributed by atoms with Crippen LogP contribution in [0, 0.1) is 11.7 Å². The second-order valence-corrected chi connectivity index (χ2v) is 7.41. The fraction of sp³-hybridized carbons (Fsp3) is 0.182. The standard InChI is InChI=1S/C22H23FN4O3S/c1-14(2)13-20(29)24-18-10-6-16(7-11-18)21(30)26-27-22(31)25-19(28)12-5-15-3-8-17(23)9-4-15/h3-12,14H,13H2,1-2H3,(H,24,29)(H,26,30)(H2,25,27,28,31)/b12-5+. The molecule has 7 nitrogen and oxygen atoms in total. The summed E-state index contributed by atoms with van der Waals surface area (Å²) in [5.74, 6) is -1.20. The Morgan fingerprint density at radius 3 is 2.26 bits per heavy atom. The molecule has 0 fully saturated rings. The van der Waals surface area contributed by atoms with Crippen LogP contribution in [0.25, 0.3) is 6.08 Å². The summed E-state index contributed by atoms with van der Waals surface area (Å²) in [4.78, 5) is 35.8. The van der Waals surface area contributed by atoms with Crippen molar-refractivity contribution in [3.8, 4) is 0 Å². The first-order chi connectivity index (χ1) is 14.7. The van der Waals surface area contributed by atoms with Gasteiger partial charge in [-0.2, -0.15) is 0 Å². The average molecular weight is 443 g/mol. The summed E-state index contributed by atoms with van der Waals surface area (Å²) in [6, 6.07) is 12.0. The Kier molecular flexibility index (Phi) is 8.83. The molecule has 0 aliphatic carbocycles. The minimum atomic E-state index is -0.516. The molecule has 0 radical (unpaired) electrons. The second kappa shape index (κ2) is 11.6. The fourth-order valence-electron chi connectivity index (χ4n) is 2.40. The molecule has 0 saturated carbocycles. The van der Waals surface area contributed by atoms with Gasteiger partial charge in [-0.05, 0) is 66.2 Å². The van der Waals surface area contributed by atoms with E-state index in [4.69, 9.17) is 12.2 Å². The van der Waals surface area contributed by atoms with E-state index >= 15 is 0 Å². The Balaban J connectivity index is 1.78. The maximum atomic E-state index is 12.9. The number of halogens is 1. The van der Waals surface area contributed by atoms with Gasteiger partial charge in [0, 0.05) is 23.7 Å². The largest absolute Gasteiger partial charge is 0.326 e. The van der Waals surface area contributed by atoms with Crippen LogP contribution in [0.2, 0.25) is 0 Å². The minimum Gasteiger partial charge on any atom is -0.326 e. The van der Waals surface area contributed by atoms with Crippen molar-refractivity contribution in [2.45, 2.75) is 20.3 Å². The van der Waals surface area contributed by atoms with Crippen LogP contribution < -0.4 is 21.5 Å². The average Bonchev–Trinajstić information content (AvgIpc) is 2.71. The highest BCUT2D eigenvalue weighted by Gasteiger charge is 2.09. The summed E-state index contributed by atoms with van der Waals surface area (Å²) >= 11 is 4.96. The number of benzene rings is 2. The third kappa shape index (κ3) is 8.75. The third-order valence-electron chi connectivity index (χ3n) is 3.85. The Morgan fingerprint density at radius 1 is 1.00 bits per heavy atom. The zero-order valence-electron chi connectivity index (χ0n) is 17.1. The molecule has 2 aromatic rings. The molecule has 0 saturated heterocycles. The highest BCUT2D eigenvalue weighted by Crippen LogP contribution is 2.11. The molecule has 0 aliphatic rings. The third-order valence-corrected chi connectivity index (χ3v) is 4.05. The van der Waals surface area contributed by atoms with Gasteiger partial charge in [0.15, 0.2) is 5.11 Å². The zero-order chi connectivity index (χ0) is 22.8. The molecule has 0 atom stereocenters. The second-order valence-electron chi connectivity index (χ2n) is 7.01. The minimum absolute atomic E-state index is 0.0940. The molecule has 162 valence electrons. The summed E-state index contributed by atoms with van der Waals surface area (Å²) in [5, 5.41) is 5.03. The lowest BCUT2D eigenvalue weighted by Crippen LogP contribution is -2.48. The monoisotopic (exact) mass is 442 g/mol. The number of rotatable bonds is 6. The summed E-state index contributed by atoms with van der Waals surface area (Å²) in [5.41, 5.74) is 6.37. The van der Waals surface area contributed by atoms with Crippen LogP contribution in [0.5, 0.6) is 0 Å². The first-order valence-corrected chi connectivity index (χ1v) is 9.88. The number of hydrogen-bond donors (Lipinski definition) is 4. The predicted molar refractivity (Wildman–Crippen MR) is 121 cm³/mol. The molecule has 0 bridgehead atoms. The molecule has 0 aromatic heterocycles. The van der Waals surface area contributed by atoms with Crippen molar-refractivity contribution in [3.63, 3.8) is 0 Å². The number of carbonyl (C=O) groups excluding carboxylic acids is 3. The van der Waals surface area contributed by atoms with Crippen LogP contribution in [0.4, 0.5) is 10.1 Å². The summed E-state index contributed by atoms with van der Waals surface area (Å²) in [6.45, 7) is 3.91. The van der Waals surface area contributed by atoms with E-state index in [0.29, 0.717) is 23.2 Å². The fourth-order valence-corrected chi connectivity index (χ4v) is 2.56. The molecule has 4 N–H and O–H groups in total. The Labute approximate surface area is 185 Å². The first kappa shape index (κ1) is 23.7. The highest BCUT2D eigenvalue weighted by molar-refractivity contribution is 7.80. The van der Waals surface area contributed by atoms with E-state index in [-0.39, 0.29) is 22.8 Å². The molecule has 31 heavy (non-hydrogen) atoms.